The zero-order valence-corrected chi connectivity index (χ0v) is 21.7. The number of aryl methyl sites for hydroxylation is 1. The summed E-state index contributed by atoms with van der Waals surface area (Å²) in [6.45, 7) is 5.82. The van der Waals surface area contributed by atoms with Crippen molar-refractivity contribution in [2.24, 2.45) is 0 Å². The second-order valence-electron chi connectivity index (χ2n) is 9.58. The molecule has 1 unspecified atom stereocenters. The van der Waals surface area contributed by atoms with Crippen LogP contribution in [0.2, 0.25) is 0 Å². The quantitative estimate of drug-likeness (QED) is 0.354. The highest BCUT2D eigenvalue weighted by atomic mass is 19.4. The van der Waals surface area contributed by atoms with Gasteiger partial charge in [0.05, 0.1) is 12.1 Å². The number of hydrogen-bond acceptors (Lipinski definition) is 6. The Morgan fingerprint density at radius 3 is 2.38 bits per heavy atom. The second-order valence-corrected chi connectivity index (χ2v) is 9.58. The summed E-state index contributed by atoms with van der Waals surface area (Å²) < 4.78 is 47.3. The zero-order valence-electron chi connectivity index (χ0n) is 21.7. The summed E-state index contributed by atoms with van der Waals surface area (Å²) in [7, 11) is 0. The summed E-state index contributed by atoms with van der Waals surface area (Å²) in [5.74, 6) is 0.830. The third-order valence-corrected chi connectivity index (χ3v) is 6.76. The molecule has 1 aliphatic heterocycles. The van der Waals surface area contributed by atoms with Crippen molar-refractivity contribution in [1.82, 2.24) is 24.1 Å². The van der Waals surface area contributed by atoms with Gasteiger partial charge in [-0.25, -0.2) is 14.8 Å². The van der Waals surface area contributed by atoms with E-state index in [1.807, 2.05) is 18.7 Å². The highest BCUT2D eigenvalue weighted by Gasteiger charge is 2.31. The number of aromatic nitrogens is 5. The molecule has 1 aromatic carbocycles. The van der Waals surface area contributed by atoms with Crippen molar-refractivity contribution in [2.75, 3.05) is 18.0 Å². The molecule has 1 aliphatic rings. The molecule has 4 heterocycles. The minimum atomic E-state index is -4.36. The lowest BCUT2D eigenvalue weighted by Crippen LogP contribution is -2.40. The van der Waals surface area contributed by atoms with Crippen LogP contribution in [0.1, 0.15) is 38.7 Å². The van der Waals surface area contributed by atoms with E-state index >= 15 is 0 Å². The number of rotatable bonds is 8. The third kappa shape index (κ3) is 5.27. The number of alkyl halides is 3. The van der Waals surface area contributed by atoms with Crippen molar-refractivity contribution in [3.63, 3.8) is 0 Å². The van der Waals surface area contributed by atoms with Crippen LogP contribution in [0.25, 0.3) is 22.6 Å². The first-order valence-electron chi connectivity index (χ1n) is 13.0. The number of imidazole rings is 1. The van der Waals surface area contributed by atoms with E-state index < -0.39 is 17.3 Å². The van der Waals surface area contributed by atoms with Gasteiger partial charge in [-0.15, -0.1) is 0 Å². The van der Waals surface area contributed by atoms with Gasteiger partial charge in [-0.05, 0) is 43.2 Å². The Bertz CT molecular complexity index is 1570. The normalized spacial score (nSPS) is 15.8. The first kappa shape index (κ1) is 26.5. The van der Waals surface area contributed by atoms with Crippen molar-refractivity contribution in [3.8, 4) is 17.3 Å². The van der Waals surface area contributed by atoms with Crippen LogP contribution in [0.3, 0.4) is 0 Å². The molecule has 0 bridgehead atoms. The van der Waals surface area contributed by atoms with E-state index in [4.69, 9.17) is 4.74 Å². The SMILES string of the molecule is CCCn1c(=O)c2[nH]c(-c3ccc(OC4CCN(c5ccc(C(F)(F)F)cc5)C4)nc3)nc2n(CCC)c1=O. The summed E-state index contributed by atoms with van der Waals surface area (Å²) in [4.78, 5) is 39.9. The number of hydrogen-bond donors (Lipinski definition) is 1. The highest BCUT2D eigenvalue weighted by molar-refractivity contribution is 5.75. The molecule has 12 heteroatoms. The number of anilines is 1. The molecular weight excluding hydrogens is 513 g/mol. The Morgan fingerprint density at radius 1 is 1.03 bits per heavy atom. The maximum absolute atomic E-state index is 13.0. The summed E-state index contributed by atoms with van der Waals surface area (Å²) >= 11 is 0. The average Bonchev–Trinajstić information content (AvgIpc) is 3.57. The highest BCUT2D eigenvalue weighted by Crippen LogP contribution is 2.31. The van der Waals surface area contributed by atoms with Crippen molar-refractivity contribution in [3.05, 3.63) is 69.0 Å². The maximum Gasteiger partial charge on any atom is 0.416 e. The third-order valence-electron chi connectivity index (χ3n) is 6.76. The number of nitrogens with zero attached hydrogens (tertiary/aromatic N) is 5. The van der Waals surface area contributed by atoms with Gasteiger partial charge >= 0.3 is 11.9 Å². The van der Waals surface area contributed by atoms with E-state index in [9.17, 15) is 22.8 Å². The molecule has 0 aliphatic carbocycles. The fourth-order valence-corrected chi connectivity index (χ4v) is 4.83. The number of H-pyrrole nitrogens is 1. The van der Waals surface area contributed by atoms with E-state index in [1.54, 1.807) is 18.3 Å². The van der Waals surface area contributed by atoms with Crippen LogP contribution in [0.4, 0.5) is 18.9 Å². The van der Waals surface area contributed by atoms with E-state index in [-0.39, 0.29) is 17.3 Å². The molecular formula is C27H29F3N6O3. The van der Waals surface area contributed by atoms with Gasteiger partial charge in [-0.1, -0.05) is 13.8 Å². The molecule has 3 aromatic heterocycles. The van der Waals surface area contributed by atoms with Crippen molar-refractivity contribution in [2.45, 2.75) is 58.5 Å². The molecule has 0 spiro atoms. The van der Waals surface area contributed by atoms with Gasteiger partial charge in [0.2, 0.25) is 5.88 Å². The Hall–Kier alpha value is -4.09. The standard InChI is InChI=1S/C27H29F3N6O3/c1-3-12-35-24-22(25(37)36(13-4-2)26(35)38)32-23(33-24)17-5-10-21(31-15-17)39-20-11-14-34(16-20)19-8-6-18(7-9-19)27(28,29)30/h5-10,15,20H,3-4,11-14,16H2,1-2H3,(H,32,33). The van der Waals surface area contributed by atoms with Crippen LogP contribution >= 0.6 is 0 Å². The fraction of sp³-hybridized carbons (Fsp3) is 0.407. The van der Waals surface area contributed by atoms with Gasteiger partial charge in [0.15, 0.2) is 5.65 Å². The number of nitrogens with one attached hydrogen (secondary N) is 1. The van der Waals surface area contributed by atoms with Crippen molar-refractivity contribution >= 4 is 16.9 Å². The van der Waals surface area contributed by atoms with Gasteiger partial charge in [0.25, 0.3) is 5.56 Å². The molecule has 5 rings (SSSR count). The minimum absolute atomic E-state index is 0.169. The molecule has 0 saturated carbocycles. The number of ether oxygens (including phenoxy) is 1. The van der Waals surface area contributed by atoms with Crippen LogP contribution in [0, 0.1) is 0 Å². The van der Waals surface area contributed by atoms with Crippen LogP contribution in [0.5, 0.6) is 5.88 Å². The maximum atomic E-state index is 13.0. The number of pyridine rings is 1. The van der Waals surface area contributed by atoms with E-state index in [0.717, 1.165) is 12.1 Å². The van der Waals surface area contributed by atoms with Crippen LogP contribution < -0.4 is 20.9 Å². The predicted octanol–water partition coefficient (Wildman–Crippen LogP) is 4.44. The monoisotopic (exact) mass is 542 g/mol. The van der Waals surface area contributed by atoms with Gasteiger partial charge in [0.1, 0.15) is 17.4 Å². The molecule has 1 N–H and O–H groups in total. The van der Waals surface area contributed by atoms with Crippen LogP contribution in [-0.4, -0.2) is 43.3 Å². The molecule has 1 saturated heterocycles. The van der Waals surface area contributed by atoms with Crippen molar-refractivity contribution < 1.29 is 17.9 Å². The number of fused-ring (bicyclic) bond motifs is 1. The summed E-state index contributed by atoms with van der Waals surface area (Å²) in [6, 6.07) is 8.60. The smallest absolute Gasteiger partial charge is 0.416 e. The Labute approximate surface area is 221 Å². The van der Waals surface area contributed by atoms with Gasteiger partial charge in [-0.2, -0.15) is 13.2 Å². The minimum Gasteiger partial charge on any atom is -0.472 e. The molecule has 0 radical (unpaired) electrons. The molecule has 1 atom stereocenters. The summed E-state index contributed by atoms with van der Waals surface area (Å²) in [6.07, 6.45) is -0.874. The lowest BCUT2D eigenvalue weighted by atomic mass is 10.2. The molecule has 1 fully saturated rings. The second kappa shape index (κ2) is 10.6. The predicted molar refractivity (Wildman–Crippen MR) is 141 cm³/mol. The van der Waals surface area contributed by atoms with E-state index in [0.29, 0.717) is 74.0 Å². The summed E-state index contributed by atoms with van der Waals surface area (Å²) in [5.41, 5.74) is 0.514. The molecule has 206 valence electrons. The first-order valence-corrected chi connectivity index (χ1v) is 13.0. The van der Waals surface area contributed by atoms with Crippen LogP contribution in [0.15, 0.2) is 52.2 Å². The lowest BCUT2D eigenvalue weighted by molar-refractivity contribution is -0.137. The summed E-state index contributed by atoms with van der Waals surface area (Å²) in [5, 5.41) is 0. The Morgan fingerprint density at radius 2 is 1.74 bits per heavy atom. The molecule has 39 heavy (non-hydrogen) atoms. The van der Waals surface area contributed by atoms with Gasteiger partial charge in [0, 0.05) is 49.6 Å². The topological polar surface area (TPSA) is 98.0 Å². The number of aromatic amines is 1. The molecule has 9 nitrogen and oxygen atoms in total. The first-order chi connectivity index (χ1) is 18.7. The van der Waals surface area contributed by atoms with E-state index in [2.05, 4.69) is 15.0 Å². The van der Waals surface area contributed by atoms with Gasteiger partial charge < -0.3 is 14.6 Å². The van der Waals surface area contributed by atoms with Crippen LogP contribution in [-0.2, 0) is 19.3 Å². The largest absolute Gasteiger partial charge is 0.472 e. The van der Waals surface area contributed by atoms with Gasteiger partial charge in [-0.3, -0.25) is 13.9 Å². The zero-order chi connectivity index (χ0) is 27.7. The molecule has 4 aromatic rings. The van der Waals surface area contributed by atoms with Crippen molar-refractivity contribution in [1.29, 1.82) is 0 Å². The average molecular weight is 543 g/mol. The number of benzene rings is 1. The Kier molecular flexibility index (Phi) is 7.19. The number of halogens is 3. The lowest BCUT2D eigenvalue weighted by Gasteiger charge is -2.19. The molecule has 0 amide bonds. The van der Waals surface area contributed by atoms with E-state index in [1.165, 1.54) is 21.3 Å². The Balaban J connectivity index is 1.31. The fourth-order valence-electron chi connectivity index (χ4n) is 4.83.